The normalized spacial score (nSPS) is 16.4. The van der Waals surface area contributed by atoms with Crippen LogP contribution in [0.4, 0.5) is 11.4 Å². The molecule has 1 saturated heterocycles. The maximum absolute atomic E-state index is 11.2. The van der Waals surface area contributed by atoms with Crippen molar-refractivity contribution in [3.63, 3.8) is 0 Å². The summed E-state index contributed by atoms with van der Waals surface area (Å²) in [7, 11) is 1.68. The average molecular weight is 262 g/mol. The van der Waals surface area contributed by atoms with Gasteiger partial charge in [0.1, 0.15) is 0 Å². The predicted molar refractivity (Wildman–Crippen MR) is 78.2 cm³/mol. The standard InChI is InChI=1S/C14H22N4O/c1-16-14(19)6-7-17-8-10-18(11-9-17)13-5-3-2-4-12(13)15/h2-5H,6-11,15H2,1H3,(H,16,19). The largest absolute Gasteiger partial charge is 0.397 e. The van der Waals surface area contributed by atoms with E-state index in [9.17, 15) is 4.79 Å². The van der Waals surface area contributed by atoms with Crippen LogP contribution in [0.15, 0.2) is 24.3 Å². The van der Waals surface area contributed by atoms with Crippen molar-refractivity contribution in [1.29, 1.82) is 0 Å². The number of para-hydroxylation sites is 2. The third-order valence-electron chi connectivity index (χ3n) is 3.58. The number of nitrogens with zero attached hydrogens (tertiary/aromatic N) is 2. The number of rotatable bonds is 4. The van der Waals surface area contributed by atoms with Crippen LogP contribution >= 0.6 is 0 Å². The van der Waals surface area contributed by atoms with Gasteiger partial charge in [-0.25, -0.2) is 0 Å². The molecule has 0 radical (unpaired) electrons. The number of nitrogen functional groups attached to an aromatic ring is 1. The molecular weight excluding hydrogens is 240 g/mol. The summed E-state index contributed by atoms with van der Waals surface area (Å²) in [4.78, 5) is 15.9. The molecule has 0 spiro atoms. The molecule has 1 heterocycles. The molecule has 104 valence electrons. The first kappa shape index (κ1) is 13.7. The van der Waals surface area contributed by atoms with Gasteiger partial charge in [0.15, 0.2) is 0 Å². The second kappa shape index (κ2) is 6.43. The highest BCUT2D eigenvalue weighted by Gasteiger charge is 2.18. The molecule has 0 aromatic heterocycles. The minimum atomic E-state index is 0.106. The Bertz CT molecular complexity index is 427. The number of benzene rings is 1. The molecule has 0 aliphatic carbocycles. The van der Waals surface area contributed by atoms with Crippen molar-refractivity contribution in [3.05, 3.63) is 24.3 Å². The van der Waals surface area contributed by atoms with Gasteiger partial charge in [0.2, 0.25) is 5.91 Å². The van der Waals surface area contributed by atoms with Crippen LogP contribution in [0.3, 0.4) is 0 Å². The van der Waals surface area contributed by atoms with Crippen LogP contribution in [0, 0.1) is 0 Å². The molecule has 0 atom stereocenters. The highest BCUT2D eigenvalue weighted by Crippen LogP contribution is 2.23. The van der Waals surface area contributed by atoms with E-state index in [0.29, 0.717) is 6.42 Å². The maximum atomic E-state index is 11.2. The number of anilines is 2. The van der Waals surface area contributed by atoms with E-state index in [1.54, 1.807) is 7.05 Å². The minimum Gasteiger partial charge on any atom is -0.397 e. The molecule has 1 aliphatic rings. The third-order valence-corrected chi connectivity index (χ3v) is 3.58. The minimum absolute atomic E-state index is 0.106. The lowest BCUT2D eigenvalue weighted by atomic mass is 10.2. The summed E-state index contributed by atoms with van der Waals surface area (Å²) < 4.78 is 0. The van der Waals surface area contributed by atoms with Crippen molar-refractivity contribution in [2.45, 2.75) is 6.42 Å². The highest BCUT2D eigenvalue weighted by molar-refractivity contribution is 5.75. The molecule has 5 nitrogen and oxygen atoms in total. The summed E-state index contributed by atoms with van der Waals surface area (Å²) in [5, 5.41) is 2.65. The summed E-state index contributed by atoms with van der Waals surface area (Å²) in [6.45, 7) is 4.71. The van der Waals surface area contributed by atoms with E-state index in [0.717, 1.165) is 44.1 Å². The molecular formula is C14H22N4O. The molecule has 19 heavy (non-hydrogen) atoms. The van der Waals surface area contributed by atoms with Crippen LogP contribution in [0.2, 0.25) is 0 Å². The molecule has 0 bridgehead atoms. The van der Waals surface area contributed by atoms with E-state index in [1.807, 2.05) is 18.2 Å². The Morgan fingerprint density at radius 3 is 2.58 bits per heavy atom. The van der Waals surface area contributed by atoms with Gasteiger partial charge in [-0.05, 0) is 12.1 Å². The van der Waals surface area contributed by atoms with Crippen molar-refractivity contribution in [2.75, 3.05) is 50.4 Å². The van der Waals surface area contributed by atoms with Crippen molar-refractivity contribution < 1.29 is 4.79 Å². The summed E-state index contributed by atoms with van der Waals surface area (Å²) in [6, 6.07) is 7.98. The number of nitrogens with one attached hydrogen (secondary N) is 1. The smallest absolute Gasteiger partial charge is 0.221 e. The van der Waals surface area contributed by atoms with Crippen LogP contribution in [-0.4, -0.2) is 50.6 Å². The number of carbonyl (C=O) groups is 1. The zero-order valence-corrected chi connectivity index (χ0v) is 11.4. The molecule has 3 N–H and O–H groups in total. The number of piperazine rings is 1. The molecule has 0 unspecified atom stereocenters. The first-order valence-corrected chi connectivity index (χ1v) is 6.73. The number of hydrogen-bond donors (Lipinski definition) is 2. The fraction of sp³-hybridized carbons (Fsp3) is 0.500. The van der Waals surface area contributed by atoms with E-state index in [2.05, 4.69) is 21.2 Å². The third kappa shape index (κ3) is 3.61. The Kier molecular flexibility index (Phi) is 4.63. The SMILES string of the molecule is CNC(=O)CCN1CCN(c2ccccc2N)CC1. The number of carbonyl (C=O) groups excluding carboxylic acids is 1. The molecule has 1 amide bonds. The number of nitrogens with two attached hydrogens (primary N) is 1. The van der Waals surface area contributed by atoms with Gasteiger partial charge >= 0.3 is 0 Å². The second-order valence-electron chi connectivity index (χ2n) is 4.81. The Morgan fingerprint density at radius 2 is 1.95 bits per heavy atom. The molecule has 0 saturated carbocycles. The van der Waals surface area contributed by atoms with Crippen LogP contribution in [0.25, 0.3) is 0 Å². The van der Waals surface area contributed by atoms with Gasteiger partial charge in [-0.1, -0.05) is 12.1 Å². The Hall–Kier alpha value is -1.75. The van der Waals surface area contributed by atoms with Crippen molar-refractivity contribution in [1.82, 2.24) is 10.2 Å². The fourth-order valence-electron chi connectivity index (χ4n) is 2.37. The first-order chi connectivity index (χ1) is 9.20. The topological polar surface area (TPSA) is 61.6 Å². The molecule has 5 heteroatoms. The summed E-state index contributed by atoms with van der Waals surface area (Å²) in [5.41, 5.74) is 7.95. The van der Waals surface area contributed by atoms with Gasteiger partial charge in [0, 0.05) is 46.2 Å². The van der Waals surface area contributed by atoms with Crippen molar-refractivity contribution in [2.24, 2.45) is 0 Å². The first-order valence-electron chi connectivity index (χ1n) is 6.73. The lowest BCUT2D eigenvalue weighted by molar-refractivity contribution is -0.120. The lowest BCUT2D eigenvalue weighted by Gasteiger charge is -2.36. The van der Waals surface area contributed by atoms with Crippen molar-refractivity contribution in [3.8, 4) is 0 Å². The van der Waals surface area contributed by atoms with Gasteiger partial charge in [-0.2, -0.15) is 0 Å². The van der Waals surface area contributed by atoms with Crippen molar-refractivity contribution >= 4 is 17.3 Å². The maximum Gasteiger partial charge on any atom is 0.221 e. The summed E-state index contributed by atoms with van der Waals surface area (Å²) in [6.07, 6.45) is 0.573. The van der Waals surface area contributed by atoms with Gasteiger partial charge in [0.05, 0.1) is 11.4 Å². The van der Waals surface area contributed by atoms with Crippen LogP contribution in [0.1, 0.15) is 6.42 Å². The van der Waals surface area contributed by atoms with Gasteiger partial charge in [-0.3, -0.25) is 9.69 Å². The van der Waals surface area contributed by atoms with Gasteiger partial charge in [-0.15, -0.1) is 0 Å². The highest BCUT2D eigenvalue weighted by atomic mass is 16.1. The number of amides is 1. The van der Waals surface area contributed by atoms with Crippen LogP contribution in [-0.2, 0) is 4.79 Å². The van der Waals surface area contributed by atoms with E-state index >= 15 is 0 Å². The van der Waals surface area contributed by atoms with Gasteiger partial charge in [0.25, 0.3) is 0 Å². The second-order valence-corrected chi connectivity index (χ2v) is 4.81. The molecule has 1 aliphatic heterocycles. The van der Waals surface area contributed by atoms with E-state index < -0.39 is 0 Å². The van der Waals surface area contributed by atoms with Crippen LogP contribution < -0.4 is 16.0 Å². The van der Waals surface area contributed by atoms with E-state index in [4.69, 9.17) is 5.73 Å². The van der Waals surface area contributed by atoms with Crippen LogP contribution in [0.5, 0.6) is 0 Å². The summed E-state index contributed by atoms with van der Waals surface area (Å²) >= 11 is 0. The molecule has 1 aromatic rings. The Balaban J connectivity index is 1.83. The fourth-order valence-corrected chi connectivity index (χ4v) is 2.37. The summed E-state index contributed by atoms with van der Waals surface area (Å²) in [5.74, 6) is 0.106. The Morgan fingerprint density at radius 1 is 1.26 bits per heavy atom. The Labute approximate surface area is 114 Å². The van der Waals surface area contributed by atoms with E-state index in [-0.39, 0.29) is 5.91 Å². The predicted octanol–water partition coefficient (Wildman–Crippen LogP) is 0.527. The molecule has 2 rings (SSSR count). The average Bonchev–Trinajstić information content (AvgIpc) is 2.46. The molecule has 1 fully saturated rings. The lowest BCUT2D eigenvalue weighted by Crippen LogP contribution is -2.47. The zero-order valence-electron chi connectivity index (χ0n) is 11.4. The monoisotopic (exact) mass is 262 g/mol. The van der Waals surface area contributed by atoms with E-state index in [1.165, 1.54) is 0 Å². The van der Waals surface area contributed by atoms with Gasteiger partial charge < -0.3 is 16.0 Å². The molecule has 1 aromatic carbocycles. The quantitative estimate of drug-likeness (QED) is 0.777. The number of hydrogen-bond acceptors (Lipinski definition) is 4. The zero-order chi connectivity index (χ0) is 13.7.